The van der Waals surface area contributed by atoms with Crippen LogP contribution in [-0.2, 0) is 11.2 Å². The molecule has 1 aromatic heterocycles. The molecule has 1 amide bonds. The number of β-amino-alcohol motifs (C(OH)–C–C–N with tert-alkyl or cyclic N) is 1. The van der Waals surface area contributed by atoms with Crippen LogP contribution in [0.3, 0.4) is 0 Å². The minimum absolute atomic E-state index is 0.0115. The third-order valence-corrected chi connectivity index (χ3v) is 3.26. The summed E-state index contributed by atoms with van der Waals surface area (Å²) in [4.78, 5) is 17.8. The summed E-state index contributed by atoms with van der Waals surface area (Å²) in [5.41, 5.74) is 0.420. The van der Waals surface area contributed by atoms with Crippen LogP contribution in [0.1, 0.15) is 26.5 Å². The van der Waals surface area contributed by atoms with Crippen molar-refractivity contribution in [3.05, 3.63) is 30.1 Å². The lowest BCUT2D eigenvalue weighted by atomic mass is 10.00. The minimum atomic E-state index is -0.524. The van der Waals surface area contributed by atoms with Gasteiger partial charge in [-0.2, -0.15) is 0 Å². The zero-order valence-electron chi connectivity index (χ0n) is 12.2. The highest BCUT2D eigenvalue weighted by molar-refractivity contribution is 5.68. The van der Waals surface area contributed by atoms with Crippen molar-refractivity contribution in [1.29, 1.82) is 0 Å². The van der Waals surface area contributed by atoms with Crippen LogP contribution in [0.15, 0.2) is 24.4 Å². The maximum Gasteiger partial charge on any atom is 0.410 e. The number of nitrogens with zero attached hydrogens (tertiary/aromatic N) is 2. The van der Waals surface area contributed by atoms with Gasteiger partial charge in [0, 0.05) is 24.4 Å². The van der Waals surface area contributed by atoms with Gasteiger partial charge in [0.2, 0.25) is 0 Å². The molecule has 1 aromatic rings. The number of amides is 1. The van der Waals surface area contributed by atoms with E-state index in [9.17, 15) is 9.90 Å². The van der Waals surface area contributed by atoms with E-state index in [0.717, 1.165) is 5.69 Å². The molecule has 110 valence electrons. The number of aliphatic hydroxyl groups excluding tert-OH is 1. The molecule has 0 aliphatic carbocycles. The van der Waals surface area contributed by atoms with Gasteiger partial charge in [-0.15, -0.1) is 0 Å². The van der Waals surface area contributed by atoms with E-state index in [-0.39, 0.29) is 12.0 Å². The largest absolute Gasteiger partial charge is 0.444 e. The molecule has 1 saturated heterocycles. The van der Waals surface area contributed by atoms with E-state index in [1.54, 1.807) is 11.1 Å². The number of aromatic nitrogens is 1. The van der Waals surface area contributed by atoms with Crippen LogP contribution in [-0.4, -0.2) is 45.9 Å². The van der Waals surface area contributed by atoms with Gasteiger partial charge >= 0.3 is 6.09 Å². The number of likely N-dealkylation sites (tertiary alicyclic amines) is 1. The lowest BCUT2D eigenvalue weighted by Gasteiger charge is -2.24. The van der Waals surface area contributed by atoms with Gasteiger partial charge in [0.25, 0.3) is 0 Å². The quantitative estimate of drug-likeness (QED) is 0.897. The maximum atomic E-state index is 12.0. The summed E-state index contributed by atoms with van der Waals surface area (Å²) in [5.74, 6) is 0.0115. The average Bonchev–Trinajstić information content (AvgIpc) is 2.70. The first kappa shape index (κ1) is 14.8. The van der Waals surface area contributed by atoms with Gasteiger partial charge in [0.05, 0.1) is 12.6 Å². The Labute approximate surface area is 119 Å². The smallest absolute Gasteiger partial charge is 0.410 e. The van der Waals surface area contributed by atoms with Gasteiger partial charge in [0.1, 0.15) is 5.60 Å². The summed E-state index contributed by atoms with van der Waals surface area (Å²) in [6.45, 7) is 6.34. The summed E-state index contributed by atoms with van der Waals surface area (Å²) in [6.07, 6.45) is 1.52. The Hall–Kier alpha value is -1.62. The first-order chi connectivity index (χ1) is 9.35. The molecule has 20 heavy (non-hydrogen) atoms. The van der Waals surface area contributed by atoms with Crippen molar-refractivity contribution in [2.24, 2.45) is 5.92 Å². The third kappa shape index (κ3) is 3.93. The second kappa shape index (κ2) is 5.79. The monoisotopic (exact) mass is 278 g/mol. The molecule has 1 aliphatic heterocycles. The second-order valence-corrected chi connectivity index (χ2v) is 6.24. The van der Waals surface area contributed by atoms with E-state index in [4.69, 9.17) is 4.74 Å². The fraction of sp³-hybridized carbons (Fsp3) is 0.600. The van der Waals surface area contributed by atoms with Gasteiger partial charge in [-0.3, -0.25) is 4.98 Å². The fourth-order valence-electron chi connectivity index (χ4n) is 2.32. The van der Waals surface area contributed by atoms with Crippen LogP contribution in [0.2, 0.25) is 0 Å². The highest BCUT2D eigenvalue weighted by Gasteiger charge is 2.36. The van der Waals surface area contributed by atoms with E-state index in [1.165, 1.54) is 0 Å². The van der Waals surface area contributed by atoms with Crippen molar-refractivity contribution in [3.8, 4) is 0 Å². The molecule has 0 aromatic carbocycles. The van der Waals surface area contributed by atoms with Crippen LogP contribution in [0.5, 0.6) is 0 Å². The molecule has 1 N–H and O–H groups in total. The highest BCUT2D eigenvalue weighted by Crippen LogP contribution is 2.22. The molecule has 0 spiro atoms. The van der Waals surface area contributed by atoms with Crippen LogP contribution in [0.4, 0.5) is 4.79 Å². The van der Waals surface area contributed by atoms with Crippen LogP contribution >= 0.6 is 0 Å². The number of pyridine rings is 1. The standard InChI is InChI=1S/C15H22N2O3/c1-15(2,3)20-14(19)17-9-11(13(18)10-17)8-12-6-4-5-7-16-12/h4-7,11,13,18H,8-10H2,1-3H3. The number of carbonyl (C=O) groups excluding carboxylic acids is 1. The molecule has 0 bridgehead atoms. The molecule has 2 heterocycles. The number of hydrogen-bond acceptors (Lipinski definition) is 4. The maximum absolute atomic E-state index is 12.0. The van der Waals surface area contributed by atoms with Crippen molar-refractivity contribution in [1.82, 2.24) is 9.88 Å². The molecule has 0 radical (unpaired) electrons. The summed E-state index contributed by atoms with van der Waals surface area (Å²) in [6, 6.07) is 5.72. The summed E-state index contributed by atoms with van der Waals surface area (Å²) in [5, 5.41) is 10.1. The van der Waals surface area contributed by atoms with E-state index in [0.29, 0.717) is 19.5 Å². The van der Waals surface area contributed by atoms with E-state index < -0.39 is 11.7 Å². The van der Waals surface area contributed by atoms with Gasteiger partial charge in [0.15, 0.2) is 0 Å². The average molecular weight is 278 g/mol. The Morgan fingerprint density at radius 2 is 2.20 bits per heavy atom. The summed E-state index contributed by atoms with van der Waals surface area (Å²) in [7, 11) is 0. The number of carbonyl (C=O) groups is 1. The van der Waals surface area contributed by atoms with Crippen molar-refractivity contribution in [3.63, 3.8) is 0 Å². The fourth-order valence-corrected chi connectivity index (χ4v) is 2.32. The molecule has 2 rings (SSSR count). The van der Waals surface area contributed by atoms with E-state index in [2.05, 4.69) is 4.98 Å². The van der Waals surface area contributed by atoms with Gasteiger partial charge in [-0.25, -0.2) is 4.79 Å². The van der Waals surface area contributed by atoms with Crippen molar-refractivity contribution in [2.75, 3.05) is 13.1 Å². The predicted octanol–water partition coefficient (Wildman–Crippen LogP) is 1.85. The third-order valence-electron chi connectivity index (χ3n) is 3.26. The molecular formula is C15H22N2O3. The Balaban J connectivity index is 1.94. The number of aliphatic hydroxyl groups is 1. The molecule has 1 aliphatic rings. The van der Waals surface area contributed by atoms with Gasteiger partial charge in [-0.05, 0) is 39.3 Å². The Morgan fingerprint density at radius 1 is 1.45 bits per heavy atom. The summed E-state index contributed by atoms with van der Waals surface area (Å²) >= 11 is 0. The van der Waals surface area contributed by atoms with E-state index in [1.807, 2.05) is 39.0 Å². The second-order valence-electron chi connectivity index (χ2n) is 6.24. The van der Waals surface area contributed by atoms with Crippen molar-refractivity contribution in [2.45, 2.75) is 38.9 Å². The van der Waals surface area contributed by atoms with Crippen LogP contribution in [0, 0.1) is 5.92 Å². The number of hydrogen-bond donors (Lipinski definition) is 1. The Bertz CT molecular complexity index is 456. The Morgan fingerprint density at radius 3 is 2.80 bits per heavy atom. The normalized spacial score (nSPS) is 22.9. The molecule has 2 unspecified atom stereocenters. The predicted molar refractivity (Wildman–Crippen MR) is 75.2 cm³/mol. The van der Waals surface area contributed by atoms with E-state index >= 15 is 0 Å². The molecule has 0 saturated carbocycles. The van der Waals surface area contributed by atoms with Crippen LogP contribution < -0.4 is 0 Å². The number of rotatable bonds is 2. The SMILES string of the molecule is CC(C)(C)OC(=O)N1CC(O)C(Cc2ccccn2)C1. The molecule has 5 nitrogen and oxygen atoms in total. The topological polar surface area (TPSA) is 62.7 Å². The number of ether oxygens (including phenoxy) is 1. The molecule has 2 atom stereocenters. The minimum Gasteiger partial charge on any atom is -0.444 e. The van der Waals surface area contributed by atoms with Crippen molar-refractivity contribution < 1.29 is 14.6 Å². The molecule has 5 heteroatoms. The van der Waals surface area contributed by atoms with Gasteiger partial charge < -0.3 is 14.7 Å². The Kier molecular flexibility index (Phi) is 4.28. The first-order valence-electron chi connectivity index (χ1n) is 6.91. The summed E-state index contributed by atoms with van der Waals surface area (Å²) < 4.78 is 5.33. The zero-order valence-corrected chi connectivity index (χ0v) is 12.2. The highest BCUT2D eigenvalue weighted by atomic mass is 16.6. The zero-order chi connectivity index (χ0) is 14.8. The van der Waals surface area contributed by atoms with Crippen molar-refractivity contribution >= 4 is 6.09 Å². The molecular weight excluding hydrogens is 256 g/mol. The first-order valence-corrected chi connectivity index (χ1v) is 6.91. The van der Waals surface area contributed by atoms with Gasteiger partial charge in [-0.1, -0.05) is 6.07 Å². The lowest BCUT2D eigenvalue weighted by Crippen LogP contribution is -2.35. The van der Waals surface area contributed by atoms with Crippen LogP contribution in [0.25, 0.3) is 0 Å². The lowest BCUT2D eigenvalue weighted by molar-refractivity contribution is 0.0269. The molecule has 1 fully saturated rings.